The number of nitrogens with zero attached hydrogens (tertiary/aromatic N) is 1. The Bertz CT molecular complexity index is 1410. The predicted molar refractivity (Wildman–Crippen MR) is 139 cm³/mol. The number of piperidine rings is 1. The molecule has 2 N–H and O–H groups in total. The lowest BCUT2D eigenvalue weighted by Crippen LogP contribution is -2.51. The average Bonchev–Trinajstić information content (AvgIpc) is 2.91. The summed E-state index contributed by atoms with van der Waals surface area (Å²) in [6.07, 6.45) is -5.02. The Morgan fingerprint density at radius 2 is 1.62 bits per heavy atom. The van der Waals surface area contributed by atoms with E-state index in [1.807, 2.05) is 4.90 Å². The number of carbonyl (C=O) groups is 2. The van der Waals surface area contributed by atoms with Crippen molar-refractivity contribution in [2.24, 2.45) is 11.8 Å². The molecule has 0 radical (unpaired) electrons. The third kappa shape index (κ3) is 5.93. The second kappa shape index (κ2) is 11.9. The molecule has 0 bridgehead atoms. The van der Waals surface area contributed by atoms with Gasteiger partial charge in [0.05, 0.1) is 11.1 Å². The summed E-state index contributed by atoms with van der Waals surface area (Å²) in [5, 5.41) is 13.0. The molecule has 1 fully saturated rings. The molecule has 0 aliphatic carbocycles. The number of aromatic hydroxyl groups is 1. The lowest BCUT2D eigenvalue weighted by molar-refractivity contribution is -0.140. The molecule has 1 saturated heterocycles. The molecule has 10 heteroatoms. The smallest absolute Gasteiger partial charge is 0.419 e. The van der Waals surface area contributed by atoms with Crippen LogP contribution in [0.25, 0.3) is 0 Å². The summed E-state index contributed by atoms with van der Waals surface area (Å²) in [4.78, 5) is 29.7. The maximum Gasteiger partial charge on any atom is 0.419 e. The molecule has 3 aromatic rings. The molecular formula is C30H29F5N2O3. The van der Waals surface area contributed by atoms with E-state index >= 15 is 4.39 Å². The highest BCUT2D eigenvalue weighted by atomic mass is 19.4. The van der Waals surface area contributed by atoms with Crippen LogP contribution in [0.3, 0.4) is 0 Å². The van der Waals surface area contributed by atoms with Gasteiger partial charge in [0.1, 0.15) is 17.4 Å². The minimum atomic E-state index is -5.02. The molecule has 212 valence electrons. The van der Waals surface area contributed by atoms with Crippen LogP contribution in [0.1, 0.15) is 43.3 Å². The van der Waals surface area contributed by atoms with Crippen LogP contribution in [0.4, 0.5) is 22.0 Å². The number of hydrogen-bond donors (Lipinski definition) is 2. The number of alkyl halides is 3. The van der Waals surface area contributed by atoms with E-state index in [1.54, 1.807) is 13.1 Å². The second-order valence-electron chi connectivity index (χ2n) is 10.00. The molecule has 0 amide bonds. The molecular weight excluding hydrogens is 531 g/mol. The zero-order valence-electron chi connectivity index (χ0n) is 21.9. The molecule has 0 aromatic heterocycles. The Kier molecular flexibility index (Phi) is 8.70. The van der Waals surface area contributed by atoms with Crippen molar-refractivity contribution in [2.45, 2.75) is 19.0 Å². The number of nitrogens with one attached hydrogen (secondary N) is 1. The van der Waals surface area contributed by atoms with Gasteiger partial charge >= 0.3 is 6.18 Å². The van der Waals surface area contributed by atoms with Crippen LogP contribution in [0.5, 0.6) is 5.75 Å². The number of likely N-dealkylation sites (tertiary alicyclic amines) is 1. The van der Waals surface area contributed by atoms with Gasteiger partial charge in [-0.2, -0.15) is 13.2 Å². The Balaban J connectivity index is 1.89. The molecule has 3 aromatic carbocycles. The number of halogens is 5. The van der Waals surface area contributed by atoms with E-state index in [2.05, 4.69) is 5.32 Å². The first-order valence-electron chi connectivity index (χ1n) is 12.8. The van der Waals surface area contributed by atoms with E-state index in [-0.39, 0.29) is 30.0 Å². The van der Waals surface area contributed by atoms with Crippen LogP contribution < -0.4 is 5.32 Å². The average molecular weight is 561 g/mol. The summed E-state index contributed by atoms with van der Waals surface area (Å²) >= 11 is 0. The zero-order valence-corrected chi connectivity index (χ0v) is 21.9. The van der Waals surface area contributed by atoms with Crippen molar-refractivity contribution in [2.75, 3.05) is 33.2 Å². The van der Waals surface area contributed by atoms with E-state index in [0.29, 0.717) is 24.7 Å². The lowest BCUT2D eigenvalue weighted by atomic mass is 9.67. The Labute approximate surface area is 228 Å². The highest BCUT2D eigenvalue weighted by Gasteiger charge is 2.46. The van der Waals surface area contributed by atoms with Gasteiger partial charge < -0.3 is 15.3 Å². The quantitative estimate of drug-likeness (QED) is 0.277. The van der Waals surface area contributed by atoms with Crippen molar-refractivity contribution in [3.05, 3.63) is 100 Å². The highest BCUT2D eigenvalue weighted by molar-refractivity contribution is 6.02. The largest absolute Gasteiger partial charge is 0.508 e. The van der Waals surface area contributed by atoms with Gasteiger partial charge in [0, 0.05) is 49.5 Å². The summed E-state index contributed by atoms with van der Waals surface area (Å²) in [7, 11) is 1.72. The summed E-state index contributed by atoms with van der Waals surface area (Å²) in [5.74, 6) is -6.83. The number of phenolic OH excluding ortho intramolecular Hbond substituents is 1. The molecule has 3 atom stereocenters. The van der Waals surface area contributed by atoms with Crippen LogP contribution in [0, 0.1) is 30.4 Å². The molecule has 1 heterocycles. The van der Waals surface area contributed by atoms with E-state index in [1.165, 1.54) is 43.3 Å². The first-order chi connectivity index (χ1) is 18.9. The Morgan fingerprint density at radius 1 is 0.975 bits per heavy atom. The molecule has 0 spiro atoms. The predicted octanol–water partition coefficient (Wildman–Crippen LogP) is 5.61. The third-order valence-electron chi connectivity index (χ3n) is 7.50. The first-order valence-corrected chi connectivity index (χ1v) is 12.8. The SMILES string of the molecule is CNCCN1C[C@H](C(=O)c2cccc(O)c2)[C@H](c2cccc(F)c2C)[C@@H](C(=O)c2cccc(C(F)(F)F)c2F)C1. The molecule has 5 nitrogen and oxygen atoms in total. The van der Waals surface area contributed by atoms with Crippen LogP contribution in [-0.4, -0.2) is 54.8 Å². The van der Waals surface area contributed by atoms with Crippen molar-refractivity contribution in [3.63, 3.8) is 0 Å². The number of ketones is 2. The van der Waals surface area contributed by atoms with Crippen molar-refractivity contribution in [1.82, 2.24) is 10.2 Å². The zero-order chi connectivity index (χ0) is 29.2. The number of rotatable bonds is 8. The standard InChI is InChI=1S/C30H29F5N2O3/c1-17-20(8-5-11-25(17)31)26-22(28(39)18-6-3-7-19(38)14-18)15-37(13-12-36-2)16-23(26)29(40)21-9-4-10-24(27(21)32)30(33,34)35/h3-11,14,22-23,26,36,38H,12-13,15-16H2,1-2H3/t22-,23-,26-/m0/s1. The normalized spacial score (nSPS) is 19.9. The first kappa shape index (κ1) is 29.4. The van der Waals surface area contributed by atoms with E-state index in [4.69, 9.17) is 0 Å². The summed E-state index contributed by atoms with van der Waals surface area (Å²) in [6.45, 7) is 2.55. The number of likely N-dealkylation sites (N-methyl/N-ethyl adjacent to an activating group) is 1. The summed E-state index contributed by atoms with van der Waals surface area (Å²) in [5.41, 5.74) is -1.61. The summed E-state index contributed by atoms with van der Waals surface area (Å²) in [6, 6.07) is 12.5. The van der Waals surface area contributed by atoms with Crippen LogP contribution >= 0.6 is 0 Å². The van der Waals surface area contributed by atoms with Crippen molar-refractivity contribution >= 4 is 11.6 Å². The number of Topliss-reactive ketones (excluding diaryl/α,β-unsaturated/α-hetero) is 2. The van der Waals surface area contributed by atoms with Crippen LogP contribution in [-0.2, 0) is 6.18 Å². The van der Waals surface area contributed by atoms with Gasteiger partial charge in [0.25, 0.3) is 0 Å². The number of phenols is 1. The topological polar surface area (TPSA) is 69.6 Å². The van der Waals surface area contributed by atoms with Crippen LogP contribution in [0.15, 0.2) is 60.7 Å². The number of hydrogen-bond acceptors (Lipinski definition) is 5. The van der Waals surface area contributed by atoms with Gasteiger partial charge in [0.2, 0.25) is 0 Å². The van der Waals surface area contributed by atoms with Gasteiger partial charge in [-0.25, -0.2) is 8.78 Å². The van der Waals surface area contributed by atoms with Crippen molar-refractivity contribution < 1.29 is 36.6 Å². The van der Waals surface area contributed by atoms with Gasteiger partial charge in [-0.05, 0) is 55.4 Å². The monoisotopic (exact) mass is 560 g/mol. The van der Waals surface area contributed by atoms with Gasteiger partial charge in [-0.15, -0.1) is 0 Å². The molecule has 40 heavy (non-hydrogen) atoms. The second-order valence-corrected chi connectivity index (χ2v) is 10.00. The van der Waals surface area contributed by atoms with E-state index in [9.17, 15) is 32.3 Å². The minimum absolute atomic E-state index is 0.0145. The molecule has 1 aliphatic rings. The Morgan fingerprint density at radius 3 is 2.27 bits per heavy atom. The molecule has 1 aliphatic heterocycles. The minimum Gasteiger partial charge on any atom is -0.508 e. The fourth-order valence-corrected chi connectivity index (χ4v) is 5.52. The van der Waals surface area contributed by atoms with E-state index in [0.717, 1.165) is 12.1 Å². The van der Waals surface area contributed by atoms with E-state index < -0.39 is 58.3 Å². The maximum absolute atomic E-state index is 15.2. The number of benzene rings is 3. The van der Waals surface area contributed by atoms with Crippen molar-refractivity contribution in [3.8, 4) is 5.75 Å². The highest BCUT2D eigenvalue weighted by Crippen LogP contribution is 2.43. The Hall–Kier alpha value is -3.63. The summed E-state index contributed by atoms with van der Waals surface area (Å²) < 4.78 is 70.4. The van der Waals surface area contributed by atoms with Gasteiger partial charge in [-0.3, -0.25) is 9.59 Å². The fraction of sp³-hybridized carbons (Fsp3) is 0.333. The number of carbonyl (C=O) groups excluding carboxylic acids is 2. The molecule has 0 unspecified atom stereocenters. The lowest BCUT2D eigenvalue weighted by Gasteiger charge is -2.43. The van der Waals surface area contributed by atoms with Gasteiger partial charge in [-0.1, -0.05) is 30.3 Å². The van der Waals surface area contributed by atoms with Crippen LogP contribution in [0.2, 0.25) is 0 Å². The van der Waals surface area contributed by atoms with Crippen molar-refractivity contribution in [1.29, 1.82) is 0 Å². The maximum atomic E-state index is 15.2. The van der Waals surface area contributed by atoms with Gasteiger partial charge in [0.15, 0.2) is 11.6 Å². The molecule has 0 saturated carbocycles. The third-order valence-corrected chi connectivity index (χ3v) is 7.50. The molecule has 4 rings (SSSR count). The fourth-order valence-electron chi connectivity index (χ4n) is 5.52.